The summed E-state index contributed by atoms with van der Waals surface area (Å²) in [5.74, 6) is -2.04. The average Bonchev–Trinajstić information content (AvgIpc) is 2.63. The maximum Gasteiger partial charge on any atom is 0.320 e. The highest BCUT2D eigenvalue weighted by Gasteiger charge is 2.44. The van der Waals surface area contributed by atoms with Gasteiger partial charge >= 0.3 is 5.97 Å². The zero-order valence-electron chi connectivity index (χ0n) is 14.1. The highest BCUT2D eigenvalue weighted by molar-refractivity contribution is 6.03. The van der Waals surface area contributed by atoms with Crippen LogP contribution in [0.5, 0.6) is 5.75 Å². The van der Waals surface area contributed by atoms with Gasteiger partial charge < -0.3 is 46.5 Å². The molecule has 11 nitrogen and oxygen atoms in total. The summed E-state index contributed by atoms with van der Waals surface area (Å²) in [6, 6.07) is 2.73. The number of ether oxygens (including phenoxy) is 2. The lowest BCUT2D eigenvalue weighted by atomic mass is 9.99. The van der Waals surface area contributed by atoms with E-state index in [-0.39, 0.29) is 17.0 Å². The van der Waals surface area contributed by atoms with Crippen molar-refractivity contribution < 1.29 is 44.6 Å². The Morgan fingerprint density at radius 1 is 1.19 bits per heavy atom. The first-order valence-electron chi connectivity index (χ1n) is 8.04. The number of benzene rings is 1. The number of rotatable bonds is 7. The number of nitrogens with two attached hydrogens (primary N) is 2. The first kappa shape index (κ1) is 21.0. The van der Waals surface area contributed by atoms with Gasteiger partial charge in [0.1, 0.15) is 36.2 Å². The number of carbonyl (C=O) groups is 2. The maximum absolute atomic E-state index is 12.2. The van der Waals surface area contributed by atoms with Crippen LogP contribution in [0, 0.1) is 0 Å². The van der Waals surface area contributed by atoms with Crippen molar-refractivity contribution in [2.24, 2.45) is 5.73 Å². The first-order valence-corrected chi connectivity index (χ1v) is 8.04. The van der Waals surface area contributed by atoms with Gasteiger partial charge in [-0.3, -0.25) is 9.59 Å². The van der Waals surface area contributed by atoms with Gasteiger partial charge in [0.25, 0.3) is 0 Å². The number of hydrogen-bond donors (Lipinski definition) is 7. The minimum absolute atomic E-state index is 0.0335. The Labute approximate surface area is 153 Å². The third-order valence-electron chi connectivity index (χ3n) is 4.18. The minimum Gasteiger partial charge on any atom is -0.480 e. The quantitative estimate of drug-likeness (QED) is 0.191. The molecule has 0 bridgehead atoms. The number of aliphatic carboxylic acids is 1. The van der Waals surface area contributed by atoms with E-state index in [9.17, 15) is 30.0 Å². The maximum atomic E-state index is 12.2. The Hall–Kier alpha value is -2.28. The molecule has 0 aromatic heterocycles. The van der Waals surface area contributed by atoms with Crippen molar-refractivity contribution >= 4 is 17.4 Å². The first-order chi connectivity index (χ1) is 12.7. The molecular weight excluding hydrogens is 364 g/mol. The van der Waals surface area contributed by atoms with E-state index in [0.29, 0.717) is 0 Å². The Morgan fingerprint density at radius 2 is 1.85 bits per heavy atom. The molecule has 11 heteroatoms. The lowest BCUT2D eigenvalue weighted by molar-refractivity contribution is -0.277. The molecule has 1 heterocycles. The van der Waals surface area contributed by atoms with Crippen LogP contribution >= 0.6 is 0 Å². The molecule has 1 aromatic rings. The van der Waals surface area contributed by atoms with Crippen LogP contribution in [-0.4, -0.2) is 80.6 Å². The summed E-state index contributed by atoms with van der Waals surface area (Å²) in [5.41, 5.74) is 11.1. The van der Waals surface area contributed by atoms with Gasteiger partial charge in [-0.15, -0.1) is 0 Å². The van der Waals surface area contributed by atoms with Crippen LogP contribution in [0.4, 0.5) is 5.69 Å². The molecule has 0 aliphatic carbocycles. The fourth-order valence-electron chi connectivity index (χ4n) is 2.58. The molecule has 2 unspecified atom stereocenters. The summed E-state index contributed by atoms with van der Waals surface area (Å²) in [5, 5.41) is 47.5. The lowest BCUT2D eigenvalue weighted by Crippen LogP contribution is -2.60. The Balaban J connectivity index is 2.20. The summed E-state index contributed by atoms with van der Waals surface area (Å²) in [7, 11) is 0. The second kappa shape index (κ2) is 8.61. The smallest absolute Gasteiger partial charge is 0.320 e. The van der Waals surface area contributed by atoms with Crippen molar-refractivity contribution in [3.05, 3.63) is 23.8 Å². The van der Waals surface area contributed by atoms with Crippen LogP contribution in [0.25, 0.3) is 0 Å². The Kier molecular flexibility index (Phi) is 6.70. The van der Waals surface area contributed by atoms with E-state index in [4.69, 9.17) is 26.0 Å². The molecule has 27 heavy (non-hydrogen) atoms. The van der Waals surface area contributed by atoms with Gasteiger partial charge in [-0.2, -0.15) is 0 Å². The molecule has 1 saturated heterocycles. The number of aliphatic hydroxyl groups is 4. The van der Waals surface area contributed by atoms with Gasteiger partial charge in [0, 0.05) is 12.0 Å². The molecule has 0 spiro atoms. The summed E-state index contributed by atoms with van der Waals surface area (Å²) in [6.45, 7) is -0.633. The van der Waals surface area contributed by atoms with Crippen LogP contribution in [0.1, 0.15) is 16.8 Å². The molecule has 1 aromatic carbocycles. The molecule has 2 rings (SSSR count). The highest BCUT2D eigenvalue weighted by Crippen LogP contribution is 2.30. The second-order valence-electron chi connectivity index (χ2n) is 6.10. The monoisotopic (exact) mass is 386 g/mol. The number of aliphatic hydroxyl groups excluding tert-OH is 4. The standard InChI is InChI=1S/C16H22N2O9/c17-7(15(24)25)4-8(20)6-2-1-3-9(11(6)18)26-16-14(23)13(22)12(21)10(5-19)27-16/h1-3,7,10,12-14,16,19,21-23H,4-5,17-18H2,(H,24,25)/t7?,10?,12-,13+,14-,16-/m1/s1. The van der Waals surface area contributed by atoms with Gasteiger partial charge in [-0.05, 0) is 12.1 Å². The number of ketones is 1. The van der Waals surface area contributed by atoms with Gasteiger partial charge in [0.05, 0.1) is 12.3 Å². The van der Waals surface area contributed by atoms with E-state index in [0.717, 1.165) is 0 Å². The van der Waals surface area contributed by atoms with E-state index >= 15 is 0 Å². The van der Waals surface area contributed by atoms with Crippen LogP contribution in [0.3, 0.4) is 0 Å². The van der Waals surface area contributed by atoms with Crippen LogP contribution in [0.2, 0.25) is 0 Å². The van der Waals surface area contributed by atoms with Crippen molar-refractivity contribution in [1.29, 1.82) is 0 Å². The molecule has 1 fully saturated rings. The van der Waals surface area contributed by atoms with E-state index in [1.807, 2.05) is 0 Å². The molecule has 150 valence electrons. The molecule has 0 amide bonds. The van der Waals surface area contributed by atoms with E-state index in [1.54, 1.807) is 0 Å². The average molecular weight is 386 g/mol. The number of para-hydroxylation sites is 1. The molecule has 1 aliphatic rings. The largest absolute Gasteiger partial charge is 0.480 e. The number of carboxylic acid groups (broad SMARTS) is 1. The number of hydrogen-bond acceptors (Lipinski definition) is 10. The van der Waals surface area contributed by atoms with Crippen LogP contribution in [0.15, 0.2) is 18.2 Å². The van der Waals surface area contributed by atoms with Crippen molar-refractivity contribution in [3.8, 4) is 5.75 Å². The van der Waals surface area contributed by atoms with E-state index in [1.165, 1.54) is 18.2 Å². The molecule has 0 saturated carbocycles. The van der Waals surface area contributed by atoms with Crippen LogP contribution < -0.4 is 16.2 Å². The number of carbonyl (C=O) groups excluding carboxylic acids is 1. The van der Waals surface area contributed by atoms with Gasteiger partial charge in [-0.25, -0.2) is 0 Å². The third kappa shape index (κ3) is 4.53. The molecule has 0 radical (unpaired) electrons. The van der Waals surface area contributed by atoms with E-state index < -0.39 is 61.5 Å². The summed E-state index contributed by atoms with van der Waals surface area (Å²) >= 11 is 0. The summed E-state index contributed by atoms with van der Waals surface area (Å²) in [6.07, 6.45) is -7.97. The van der Waals surface area contributed by atoms with Crippen molar-refractivity contribution in [1.82, 2.24) is 0 Å². The van der Waals surface area contributed by atoms with Gasteiger partial charge in [-0.1, -0.05) is 6.07 Å². The Morgan fingerprint density at radius 3 is 2.44 bits per heavy atom. The lowest BCUT2D eigenvalue weighted by Gasteiger charge is -2.39. The van der Waals surface area contributed by atoms with Gasteiger partial charge in [0.15, 0.2) is 5.78 Å². The summed E-state index contributed by atoms with van der Waals surface area (Å²) < 4.78 is 10.6. The SMILES string of the molecule is Nc1c(O[C@@H]2OC(CO)[C@@H](O)[C@H](O)[C@H]2O)cccc1C(=O)CC(N)C(=O)O. The van der Waals surface area contributed by atoms with Crippen LogP contribution in [-0.2, 0) is 9.53 Å². The second-order valence-corrected chi connectivity index (χ2v) is 6.10. The minimum atomic E-state index is -1.65. The molecule has 6 atom stereocenters. The fraction of sp³-hybridized carbons (Fsp3) is 0.500. The highest BCUT2D eigenvalue weighted by atomic mass is 16.7. The van der Waals surface area contributed by atoms with Crippen molar-refractivity contribution in [2.45, 2.75) is 43.2 Å². The van der Waals surface area contributed by atoms with Crippen molar-refractivity contribution in [2.75, 3.05) is 12.3 Å². The normalized spacial score (nSPS) is 29.1. The number of anilines is 1. The number of carboxylic acids is 1. The fourth-order valence-corrected chi connectivity index (χ4v) is 2.58. The number of Topliss-reactive ketones (excluding diaryl/α,β-unsaturated/α-hetero) is 1. The molecule has 1 aliphatic heterocycles. The van der Waals surface area contributed by atoms with Crippen molar-refractivity contribution in [3.63, 3.8) is 0 Å². The number of nitrogen functional groups attached to an aromatic ring is 1. The predicted molar refractivity (Wildman–Crippen MR) is 89.8 cm³/mol. The third-order valence-corrected chi connectivity index (χ3v) is 4.18. The zero-order chi connectivity index (χ0) is 20.3. The topological polar surface area (TPSA) is 206 Å². The zero-order valence-corrected chi connectivity index (χ0v) is 14.1. The van der Waals surface area contributed by atoms with Gasteiger partial charge in [0.2, 0.25) is 6.29 Å². The summed E-state index contributed by atoms with van der Waals surface area (Å²) in [4.78, 5) is 23.0. The molecule has 9 N–H and O–H groups in total. The Bertz CT molecular complexity index is 696. The predicted octanol–water partition coefficient (Wildman–Crippen LogP) is -2.57. The van der Waals surface area contributed by atoms with E-state index in [2.05, 4.69) is 0 Å². The molecular formula is C16H22N2O9.